The Morgan fingerprint density at radius 2 is 2.00 bits per heavy atom. The van der Waals surface area contributed by atoms with Gasteiger partial charge in [-0.25, -0.2) is 8.42 Å². The van der Waals surface area contributed by atoms with Crippen LogP contribution in [-0.2, 0) is 22.8 Å². The van der Waals surface area contributed by atoms with Crippen LogP contribution in [0.2, 0.25) is 0 Å². The predicted octanol–water partition coefficient (Wildman–Crippen LogP) is 2.35. The summed E-state index contributed by atoms with van der Waals surface area (Å²) < 4.78 is 29.5. The molecule has 3 rings (SSSR count). The molecule has 2 aliphatic rings. The van der Waals surface area contributed by atoms with Gasteiger partial charge in [0.1, 0.15) is 11.1 Å². The highest BCUT2D eigenvalue weighted by Gasteiger charge is 2.23. The standard InChI is InChI=1S/C19H30N2O3S/c1-25(22,23)19-9-7-16-14-18(8-6-17(16)15-20-19)24-13-5-12-21-10-3-2-4-11-21/h6,8,14,19-20H,2-5,7,9-13,15H2,1H3. The summed E-state index contributed by atoms with van der Waals surface area (Å²) in [7, 11) is -3.05. The molecular weight excluding hydrogens is 336 g/mol. The number of piperidine rings is 1. The van der Waals surface area contributed by atoms with E-state index in [1.54, 1.807) is 0 Å². The molecule has 0 radical (unpaired) electrons. The fourth-order valence-corrected chi connectivity index (χ4v) is 4.67. The molecule has 0 saturated carbocycles. The molecule has 0 aliphatic carbocycles. The average Bonchev–Trinajstić information content (AvgIpc) is 2.81. The van der Waals surface area contributed by atoms with Gasteiger partial charge < -0.3 is 9.64 Å². The number of benzene rings is 1. The maximum Gasteiger partial charge on any atom is 0.163 e. The van der Waals surface area contributed by atoms with E-state index in [4.69, 9.17) is 4.74 Å². The summed E-state index contributed by atoms with van der Waals surface area (Å²) in [5.74, 6) is 0.898. The van der Waals surface area contributed by atoms with Crippen LogP contribution in [0.3, 0.4) is 0 Å². The molecule has 1 aromatic carbocycles. The zero-order valence-electron chi connectivity index (χ0n) is 15.2. The smallest absolute Gasteiger partial charge is 0.163 e. The summed E-state index contributed by atoms with van der Waals surface area (Å²) in [6.07, 6.45) is 7.77. The monoisotopic (exact) mass is 366 g/mol. The molecule has 1 saturated heterocycles. The quantitative estimate of drug-likeness (QED) is 0.783. The molecule has 0 amide bonds. The SMILES string of the molecule is CS(=O)(=O)C1CCc2cc(OCCCN3CCCCC3)ccc2CN1. The lowest BCUT2D eigenvalue weighted by Gasteiger charge is -2.26. The number of aryl methyl sites for hydroxylation is 1. The molecule has 1 aromatic rings. The Kier molecular flexibility index (Phi) is 6.36. The number of likely N-dealkylation sites (tertiary alicyclic amines) is 1. The third kappa shape index (κ3) is 5.43. The first-order valence-electron chi connectivity index (χ1n) is 9.41. The number of nitrogens with one attached hydrogen (secondary N) is 1. The molecule has 2 aliphatic heterocycles. The van der Waals surface area contributed by atoms with Gasteiger partial charge in [0.25, 0.3) is 0 Å². The normalized spacial score (nSPS) is 22.2. The fourth-order valence-electron chi connectivity index (χ4n) is 3.74. The number of hydrogen-bond acceptors (Lipinski definition) is 5. The average molecular weight is 367 g/mol. The number of nitrogens with zero attached hydrogens (tertiary/aromatic N) is 1. The number of sulfone groups is 1. The summed E-state index contributed by atoms with van der Waals surface area (Å²) in [4.78, 5) is 2.53. The predicted molar refractivity (Wildman–Crippen MR) is 101 cm³/mol. The first-order chi connectivity index (χ1) is 12.0. The highest BCUT2D eigenvalue weighted by Crippen LogP contribution is 2.23. The fraction of sp³-hybridized carbons (Fsp3) is 0.684. The van der Waals surface area contributed by atoms with E-state index in [0.29, 0.717) is 13.0 Å². The van der Waals surface area contributed by atoms with Crippen molar-refractivity contribution in [2.24, 2.45) is 0 Å². The van der Waals surface area contributed by atoms with E-state index in [1.165, 1.54) is 49.7 Å². The summed E-state index contributed by atoms with van der Waals surface area (Å²) in [5.41, 5.74) is 2.37. The van der Waals surface area contributed by atoms with Crippen LogP contribution < -0.4 is 10.1 Å². The van der Waals surface area contributed by atoms with Crippen molar-refractivity contribution in [1.82, 2.24) is 10.2 Å². The molecular formula is C19H30N2O3S. The molecule has 25 heavy (non-hydrogen) atoms. The highest BCUT2D eigenvalue weighted by atomic mass is 32.2. The second-order valence-electron chi connectivity index (χ2n) is 7.27. The van der Waals surface area contributed by atoms with E-state index in [1.807, 2.05) is 6.07 Å². The van der Waals surface area contributed by atoms with Crippen molar-refractivity contribution < 1.29 is 13.2 Å². The Bertz CT molecular complexity index is 669. The zero-order valence-corrected chi connectivity index (χ0v) is 16.0. The van der Waals surface area contributed by atoms with Gasteiger partial charge >= 0.3 is 0 Å². The Morgan fingerprint density at radius 1 is 1.20 bits per heavy atom. The van der Waals surface area contributed by atoms with Crippen molar-refractivity contribution in [2.45, 2.75) is 50.4 Å². The number of hydrogen-bond donors (Lipinski definition) is 1. The van der Waals surface area contributed by atoms with Gasteiger partial charge in [0.05, 0.1) is 6.61 Å². The molecule has 1 unspecified atom stereocenters. The molecule has 1 N–H and O–H groups in total. The minimum Gasteiger partial charge on any atom is -0.494 e. The van der Waals surface area contributed by atoms with Crippen LogP contribution in [0.25, 0.3) is 0 Å². The molecule has 0 spiro atoms. The minimum absolute atomic E-state index is 0.450. The second-order valence-corrected chi connectivity index (χ2v) is 9.50. The van der Waals surface area contributed by atoms with Gasteiger partial charge in [0.15, 0.2) is 9.84 Å². The van der Waals surface area contributed by atoms with E-state index in [-0.39, 0.29) is 0 Å². The molecule has 140 valence electrons. The number of fused-ring (bicyclic) bond motifs is 1. The van der Waals surface area contributed by atoms with Crippen molar-refractivity contribution in [3.05, 3.63) is 29.3 Å². The second kappa shape index (κ2) is 8.52. The van der Waals surface area contributed by atoms with Crippen molar-refractivity contribution in [3.8, 4) is 5.75 Å². The lowest BCUT2D eigenvalue weighted by molar-refractivity contribution is 0.205. The van der Waals surface area contributed by atoms with Gasteiger partial charge in [-0.05, 0) is 68.5 Å². The van der Waals surface area contributed by atoms with Crippen LogP contribution >= 0.6 is 0 Å². The van der Waals surface area contributed by atoms with Crippen LogP contribution in [0, 0.1) is 0 Å². The minimum atomic E-state index is -3.05. The lowest BCUT2D eigenvalue weighted by atomic mass is 10.0. The van der Waals surface area contributed by atoms with Gasteiger partial charge in [-0.3, -0.25) is 5.32 Å². The van der Waals surface area contributed by atoms with Gasteiger partial charge in [0, 0.05) is 19.3 Å². The van der Waals surface area contributed by atoms with Crippen molar-refractivity contribution in [3.63, 3.8) is 0 Å². The molecule has 5 nitrogen and oxygen atoms in total. The molecule has 1 atom stereocenters. The maximum absolute atomic E-state index is 11.8. The van der Waals surface area contributed by atoms with E-state index in [2.05, 4.69) is 22.3 Å². The third-order valence-corrected chi connectivity index (χ3v) is 6.66. The molecule has 6 heteroatoms. The number of rotatable bonds is 6. The summed E-state index contributed by atoms with van der Waals surface area (Å²) in [6, 6.07) is 6.15. The first-order valence-corrected chi connectivity index (χ1v) is 11.4. The van der Waals surface area contributed by atoms with Crippen LogP contribution in [0.1, 0.15) is 43.2 Å². The Hall–Kier alpha value is -1.11. The van der Waals surface area contributed by atoms with Crippen LogP contribution in [0.15, 0.2) is 18.2 Å². The van der Waals surface area contributed by atoms with Gasteiger partial charge in [-0.15, -0.1) is 0 Å². The van der Waals surface area contributed by atoms with Crippen LogP contribution in [0.4, 0.5) is 0 Å². The van der Waals surface area contributed by atoms with Crippen LogP contribution in [0.5, 0.6) is 5.75 Å². The Morgan fingerprint density at radius 3 is 2.76 bits per heavy atom. The molecule has 2 heterocycles. The van der Waals surface area contributed by atoms with Crippen LogP contribution in [-0.4, -0.2) is 51.2 Å². The molecule has 0 bridgehead atoms. The zero-order chi connectivity index (χ0) is 17.7. The van der Waals surface area contributed by atoms with Crippen molar-refractivity contribution in [2.75, 3.05) is 32.5 Å². The van der Waals surface area contributed by atoms with Gasteiger partial charge in [-0.1, -0.05) is 12.5 Å². The molecule has 1 fully saturated rings. The first kappa shape index (κ1) is 18.7. The lowest BCUT2D eigenvalue weighted by Crippen LogP contribution is -2.34. The Labute approximate surface area is 151 Å². The highest BCUT2D eigenvalue weighted by molar-refractivity contribution is 7.91. The third-order valence-electron chi connectivity index (χ3n) is 5.23. The Balaban J connectivity index is 1.49. The summed E-state index contributed by atoms with van der Waals surface area (Å²) >= 11 is 0. The van der Waals surface area contributed by atoms with E-state index in [9.17, 15) is 8.42 Å². The topological polar surface area (TPSA) is 58.6 Å². The summed E-state index contributed by atoms with van der Waals surface area (Å²) in [5, 5.41) is 2.70. The van der Waals surface area contributed by atoms with E-state index >= 15 is 0 Å². The maximum atomic E-state index is 11.8. The van der Waals surface area contributed by atoms with Gasteiger partial charge in [-0.2, -0.15) is 0 Å². The van der Waals surface area contributed by atoms with E-state index in [0.717, 1.165) is 31.7 Å². The van der Waals surface area contributed by atoms with Gasteiger partial charge in [0.2, 0.25) is 0 Å². The largest absolute Gasteiger partial charge is 0.494 e. The number of ether oxygens (including phenoxy) is 1. The van der Waals surface area contributed by atoms with Crippen molar-refractivity contribution >= 4 is 9.84 Å². The van der Waals surface area contributed by atoms with Crippen molar-refractivity contribution in [1.29, 1.82) is 0 Å². The molecule has 0 aromatic heterocycles. The summed E-state index contributed by atoms with van der Waals surface area (Å²) in [6.45, 7) is 4.91. The van der Waals surface area contributed by atoms with E-state index < -0.39 is 15.2 Å².